The molecule has 2 rings (SSSR count). The van der Waals surface area contributed by atoms with Crippen LogP contribution in [0.3, 0.4) is 0 Å². The molecule has 0 spiro atoms. The first-order valence-corrected chi connectivity index (χ1v) is 7.81. The van der Waals surface area contributed by atoms with Gasteiger partial charge in [-0.15, -0.1) is 0 Å². The number of nitro groups is 1. The van der Waals surface area contributed by atoms with E-state index >= 15 is 0 Å². The van der Waals surface area contributed by atoms with Crippen molar-refractivity contribution in [1.82, 2.24) is 9.78 Å². The highest BCUT2D eigenvalue weighted by Crippen LogP contribution is 2.33. The van der Waals surface area contributed by atoms with Crippen LogP contribution in [0.25, 0.3) is 0 Å². The monoisotopic (exact) mass is 300 g/mol. The van der Waals surface area contributed by atoms with Crippen LogP contribution in [0.15, 0.2) is 11.5 Å². The highest BCUT2D eigenvalue weighted by atomic mass is 32.2. The van der Waals surface area contributed by atoms with E-state index in [2.05, 4.69) is 10.4 Å². The molecule has 1 aliphatic heterocycles. The van der Waals surface area contributed by atoms with Gasteiger partial charge in [0, 0.05) is 18.4 Å². The average molecular weight is 300 g/mol. The molecule has 1 aromatic rings. The van der Waals surface area contributed by atoms with Crippen LogP contribution < -0.4 is 5.32 Å². The molecule has 9 heteroatoms. The lowest BCUT2D eigenvalue weighted by atomic mass is 10.1. The summed E-state index contributed by atoms with van der Waals surface area (Å²) in [6, 6.07) is -0.478. The van der Waals surface area contributed by atoms with Crippen molar-refractivity contribution in [2.75, 3.05) is 11.1 Å². The number of rotatable bonds is 4. The Balaban J connectivity index is 2.37. The Bertz CT molecular complexity index is 675. The Morgan fingerprint density at radius 2 is 2.20 bits per heavy atom. The summed E-state index contributed by atoms with van der Waals surface area (Å²) < 4.78 is 24.1. The summed E-state index contributed by atoms with van der Waals surface area (Å²) in [5.74, 6) is 0.0252. The minimum atomic E-state index is -3.21. The maximum Gasteiger partial charge on any atom is 0.334 e. The summed E-state index contributed by atoms with van der Waals surface area (Å²) in [6.45, 7) is 3.64. The standard InChI is InChI=1S/C11H16N4O4S/c1-7(2)9-10(15(16)17)11(14(3)13-9)12-8-4-5-20(18,19)6-8/h4-5,7-8,12H,6H2,1-3H3. The molecule has 0 saturated heterocycles. The van der Waals surface area contributed by atoms with Crippen molar-refractivity contribution in [3.8, 4) is 0 Å². The number of nitrogens with one attached hydrogen (secondary N) is 1. The van der Waals surface area contributed by atoms with E-state index in [1.165, 1.54) is 10.8 Å². The van der Waals surface area contributed by atoms with E-state index in [0.717, 1.165) is 5.41 Å². The number of aryl methyl sites for hydroxylation is 1. The molecular weight excluding hydrogens is 284 g/mol. The molecule has 1 atom stereocenters. The molecule has 8 nitrogen and oxygen atoms in total. The second-order valence-corrected chi connectivity index (χ2v) is 6.96. The molecule has 0 bridgehead atoms. The zero-order valence-electron chi connectivity index (χ0n) is 11.4. The number of hydrogen-bond acceptors (Lipinski definition) is 6. The Morgan fingerprint density at radius 1 is 1.55 bits per heavy atom. The third kappa shape index (κ3) is 2.67. The molecule has 20 heavy (non-hydrogen) atoms. The van der Waals surface area contributed by atoms with Gasteiger partial charge in [0.15, 0.2) is 9.84 Å². The summed E-state index contributed by atoms with van der Waals surface area (Å²) in [6.07, 6.45) is 1.49. The maximum absolute atomic E-state index is 11.4. The molecule has 1 N–H and O–H groups in total. The van der Waals surface area contributed by atoms with Crippen LogP contribution in [0.4, 0.5) is 11.5 Å². The SMILES string of the molecule is CC(C)c1nn(C)c(NC2C=CS(=O)(=O)C2)c1[N+](=O)[O-]. The van der Waals surface area contributed by atoms with Gasteiger partial charge in [-0.2, -0.15) is 5.10 Å². The average Bonchev–Trinajstić information content (AvgIpc) is 2.81. The normalized spacial score (nSPS) is 20.5. The van der Waals surface area contributed by atoms with Crippen LogP contribution in [0, 0.1) is 10.1 Å². The minimum Gasteiger partial charge on any atom is -0.357 e. The van der Waals surface area contributed by atoms with Gasteiger partial charge in [0.1, 0.15) is 5.69 Å². The van der Waals surface area contributed by atoms with Crippen molar-refractivity contribution in [3.05, 3.63) is 27.3 Å². The summed E-state index contributed by atoms with van der Waals surface area (Å²) in [5, 5.41) is 19.4. The summed E-state index contributed by atoms with van der Waals surface area (Å²) >= 11 is 0. The van der Waals surface area contributed by atoms with Crippen LogP contribution in [-0.2, 0) is 16.9 Å². The van der Waals surface area contributed by atoms with Crippen molar-refractivity contribution in [2.45, 2.75) is 25.8 Å². The largest absolute Gasteiger partial charge is 0.357 e. The lowest BCUT2D eigenvalue weighted by Crippen LogP contribution is -2.22. The van der Waals surface area contributed by atoms with Crippen LogP contribution in [0.1, 0.15) is 25.5 Å². The lowest BCUT2D eigenvalue weighted by Gasteiger charge is -2.10. The molecule has 0 aromatic carbocycles. The van der Waals surface area contributed by atoms with Gasteiger partial charge >= 0.3 is 5.69 Å². The fourth-order valence-corrected chi connectivity index (χ4v) is 3.34. The zero-order chi connectivity index (χ0) is 15.1. The van der Waals surface area contributed by atoms with Crippen LogP contribution >= 0.6 is 0 Å². The summed E-state index contributed by atoms with van der Waals surface area (Å²) in [7, 11) is -1.62. The number of sulfone groups is 1. The predicted molar refractivity (Wildman–Crippen MR) is 74.3 cm³/mol. The second kappa shape index (κ2) is 4.89. The van der Waals surface area contributed by atoms with E-state index < -0.39 is 20.8 Å². The smallest absolute Gasteiger partial charge is 0.334 e. The number of nitrogens with zero attached hydrogens (tertiary/aromatic N) is 3. The van der Waals surface area contributed by atoms with Gasteiger partial charge in [-0.1, -0.05) is 13.8 Å². The fraction of sp³-hybridized carbons (Fsp3) is 0.545. The molecule has 0 radical (unpaired) electrons. The van der Waals surface area contributed by atoms with Crippen molar-refractivity contribution in [1.29, 1.82) is 0 Å². The first kappa shape index (κ1) is 14.5. The van der Waals surface area contributed by atoms with Gasteiger partial charge in [-0.05, 0) is 6.08 Å². The topological polar surface area (TPSA) is 107 Å². The third-order valence-corrected chi connectivity index (χ3v) is 4.43. The summed E-state index contributed by atoms with van der Waals surface area (Å²) in [5.41, 5.74) is 0.282. The maximum atomic E-state index is 11.4. The Kier molecular flexibility index (Phi) is 3.55. The van der Waals surface area contributed by atoms with Gasteiger partial charge in [0.05, 0.1) is 16.7 Å². The molecule has 0 fully saturated rings. The number of aromatic nitrogens is 2. The Morgan fingerprint density at radius 3 is 2.65 bits per heavy atom. The van der Waals surface area contributed by atoms with Crippen molar-refractivity contribution < 1.29 is 13.3 Å². The predicted octanol–water partition coefficient (Wildman–Crippen LogP) is 1.17. The van der Waals surface area contributed by atoms with Gasteiger partial charge in [0.25, 0.3) is 0 Å². The van der Waals surface area contributed by atoms with Gasteiger partial charge in [0.2, 0.25) is 5.82 Å². The first-order chi connectivity index (χ1) is 9.21. The number of hydrogen-bond donors (Lipinski definition) is 1. The van der Waals surface area contributed by atoms with Crippen LogP contribution in [0.2, 0.25) is 0 Å². The zero-order valence-corrected chi connectivity index (χ0v) is 12.2. The van der Waals surface area contributed by atoms with E-state index in [-0.39, 0.29) is 23.2 Å². The van der Waals surface area contributed by atoms with E-state index in [9.17, 15) is 18.5 Å². The number of anilines is 1. The molecule has 110 valence electrons. The quantitative estimate of drug-likeness (QED) is 0.660. The Labute approximate surface area is 116 Å². The second-order valence-electron chi connectivity index (χ2n) is 5.03. The molecule has 1 aromatic heterocycles. The molecular formula is C11H16N4O4S. The van der Waals surface area contributed by atoms with Crippen molar-refractivity contribution in [2.24, 2.45) is 7.05 Å². The molecule has 1 unspecified atom stereocenters. The van der Waals surface area contributed by atoms with Gasteiger partial charge in [-0.25, -0.2) is 13.1 Å². The third-order valence-electron chi connectivity index (χ3n) is 3.03. The van der Waals surface area contributed by atoms with E-state index in [0.29, 0.717) is 5.69 Å². The highest BCUT2D eigenvalue weighted by Gasteiger charge is 2.31. The van der Waals surface area contributed by atoms with Crippen molar-refractivity contribution >= 4 is 21.3 Å². The molecule has 0 amide bonds. The summed E-state index contributed by atoms with van der Waals surface area (Å²) in [4.78, 5) is 10.7. The first-order valence-electron chi connectivity index (χ1n) is 6.10. The molecule has 2 heterocycles. The molecule has 0 saturated carbocycles. The fourth-order valence-electron chi connectivity index (χ4n) is 2.11. The van der Waals surface area contributed by atoms with E-state index in [4.69, 9.17) is 0 Å². The van der Waals surface area contributed by atoms with Crippen molar-refractivity contribution in [3.63, 3.8) is 0 Å². The van der Waals surface area contributed by atoms with Gasteiger partial charge < -0.3 is 5.32 Å². The van der Waals surface area contributed by atoms with Gasteiger partial charge in [-0.3, -0.25) is 10.1 Å². The van der Waals surface area contributed by atoms with Crippen LogP contribution in [-0.4, -0.2) is 34.9 Å². The molecule has 1 aliphatic rings. The molecule has 0 aliphatic carbocycles. The van der Waals surface area contributed by atoms with E-state index in [1.807, 2.05) is 13.8 Å². The Hall–Kier alpha value is -1.90. The minimum absolute atomic E-state index is 0.0970. The lowest BCUT2D eigenvalue weighted by molar-refractivity contribution is -0.384. The van der Waals surface area contributed by atoms with Crippen LogP contribution in [0.5, 0.6) is 0 Å². The highest BCUT2D eigenvalue weighted by molar-refractivity contribution is 7.94. The van der Waals surface area contributed by atoms with E-state index in [1.54, 1.807) is 7.05 Å².